The Morgan fingerprint density at radius 1 is 1.29 bits per heavy atom. The summed E-state index contributed by atoms with van der Waals surface area (Å²) in [7, 11) is 0. The smallest absolute Gasteiger partial charge is 0.152 e. The summed E-state index contributed by atoms with van der Waals surface area (Å²) in [5.74, 6) is 0.828. The number of fused-ring (bicyclic) bond motifs is 1. The van der Waals surface area contributed by atoms with E-state index < -0.39 is 0 Å². The van der Waals surface area contributed by atoms with Gasteiger partial charge in [0.2, 0.25) is 0 Å². The molecule has 3 rings (SSSR count). The maximum atomic E-state index is 5.88. The molecule has 1 N–H and O–H groups in total. The van der Waals surface area contributed by atoms with Crippen molar-refractivity contribution in [2.45, 2.75) is 6.54 Å². The van der Waals surface area contributed by atoms with Crippen molar-refractivity contribution < 1.29 is 0 Å². The fourth-order valence-electron chi connectivity index (χ4n) is 1.61. The first kappa shape index (κ1) is 10.6. The monoisotopic (exact) mass is 264 g/mol. The van der Waals surface area contributed by atoms with Crippen molar-refractivity contribution in [2.24, 2.45) is 0 Å². The summed E-state index contributed by atoms with van der Waals surface area (Å²) in [6.45, 7) is 0.718. The van der Waals surface area contributed by atoms with Crippen LogP contribution in [0.25, 0.3) is 5.52 Å². The quantitative estimate of drug-likeness (QED) is 0.791. The van der Waals surface area contributed by atoms with Gasteiger partial charge >= 0.3 is 0 Å². The molecule has 6 heteroatoms. The number of hydrogen-bond donors (Lipinski definition) is 1. The lowest BCUT2D eigenvalue weighted by Crippen LogP contribution is -2.02. The molecule has 0 saturated carbocycles. The molecule has 0 atom stereocenters. The standard InChI is InChI=1S/C11H9ClN4S/c12-10-2-1-8(17-10)7-14-11-9-3-4-15-16(9)6-5-13-11/h1-6H,7H2,(H,13,14). The van der Waals surface area contributed by atoms with E-state index in [4.69, 9.17) is 11.6 Å². The summed E-state index contributed by atoms with van der Waals surface area (Å²) in [4.78, 5) is 5.48. The van der Waals surface area contributed by atoms with Gasteiger partial charge in [-0.15, -0.1) is 11.3 Å². The Kier molecular flexibility index (Phi) is 2.70. The average Bonchev–Trinajstić information content (AvgIpc) is 2.94. The molecule has 4 nitrogen and oxygen atoms in total. The van der Waals surface area contributed by atoms with Crippen molar-refractivity contribution in [3.63, 3.8) is 0 Å². The second kappa shape index (κ2) is 4.35. The number of nitrogens with one attached hydrogen (secondary N) is 1. The Bertz CT molecular complexity index is 646. The third-order valence-electron chi connectivity index (χ3n) is 2.38. The fraction of sp³-hybridized carbons (Fsp3) is 0.0909. The summed E-state index contributed by atoms with van der Waals surface area (Å²) in [5, 5.41) is 7.44. The Morgan fingerprint density at radius 3 is 3.06 bits per heavy atom. The number of aromatic nitrogens is 3. The minimum Gasteiger partial charge on any atom is -0.363 e. The highest BCUT2D eigenvalue weighted by Crippen LogP contribution is 2.22. The van der Waals surface area contributed by atoms with E-state index in [-0.39, 0.29) is 0 Å². The van der Waals surface area contributed by atoms with Gasteiger partial charge in [0.05, 0.1) is 17.1 Å². The Hall–Kier alpha value is -1.59. The molecule has 0 spiro atoms. The Labute approximate surface area is 107 Å². The number of hydrogen-bond acceptors (Lipinski definition) is 4. The van der Waals surface area contributed by atoms with Crippen LogP contribution in [0.1, 0.15) is 4.88 Å². The maximum Gasteiger partial charge on any atom is 0.152 e. The summed E-state index contributed by atoms with van der Waals surface area (Å²) in [6, 6.07) is 5.84. The molecule has 3 aromatic rings. The first-order valence-electron chi connectivity index (χ1n) is 5.09. The van der Waals surface area contributed by atoms with Crippen LogP contribution in [-0.4, -0.2) is 14.6 Å². The molecule has 0 aromatic carbocycles. The van der Waals surface area contributed by atoms with E-state index in [1.54, 1.807) is 28.2 Å². The van der Waals surface area contributed by atoms with Crippen LogP contribution in [0.15, 0.2) is 36.8 Å². The SMILES string of the molecule is Clc1ccc(CNc2nccn3nccc23)s1. The van der Waals surface area contributed by atoms with E-state index in [1.807, 2.05) is 24.4 Å². The number of nitrogens with zero attached hydrogens (tertiary/aromatic N) is 3. The molecule has 0 unspecified atom stereocenters. The van der Waals surface area contributed by atoms with Gasteiger partial charge in [-0.2, -0.15) is 5.10 Å². The molecule has 0 aliphatic heterocycles. The summed E-state index contributed by atoms with van der Waals surface area (Å²) in [5.41, 5.74) is 0.968. The van der Waals surface area contributed by atoms with E-state index in [2.05, 4.69) is 15.4 Å². The lowest BCUT2D eigenvalue weighted by Gasteiger charge is -2.04. The number of halogens is 1. The van der Waals surface area contributed by atoms with Crippen LogP contribution in [-0.2, 0) is 6.54 Å². The van der Waals surface area contributed by atoms with Crippen molar-refractivity contribution >= 4 is 34.3 Å². The van der Waals surface area contributed by atoms with E-state index >= 15 is 0 Å². The minimum absolute atomic E-state index is 0.718. The number of rotatable bonds is 3. The number of thiophene rings is 1. The van der Waals surface area contributed by atoms with Crippen LogP contribution in [0.4, 0.5) is 5.82 Å². The Balaban J connectivity index is 1.83. The highest BCUT2D eigenvalue weighted by molar-refractivity contribution is 7.16. The van der Waals surface area contributed by atoms with Crippen LogP contribution in [0.5, 0.6) is 0 Å². The van der Waals surface area contributed by atoms with Gasteiger partial charge in [-0.25, -0.2) is 9.50 Å². The molecule has 0 saturated heterocycles. The van der Waals surface area contributed by atoms with Gasteiger partial charge in [-0.1, -0.05) is 11.6 Å². The fourth-order valence-corrected chi connectivity index (χ4v) is 2.64. The molecular formula is C11H9ClN4S. The van der Waals surface area contributed by atoms with Crippen molar-refractivity contribution in [1.82, 2.24) is 14.6 Å². The average molecular weight is 265 g/mol. The van der Waals surface area contributed by atoms with E-state index in [1.165, 1.54) is 4.88 Å². The molecule has 86 valence electrons. The van der Waals surface area contributed by atoms with Crippen LogP contribution >= 0.6 is 22.9 Å². The van der Waals surface area contributed by atoms with Crippen LogP contribution in [0, 0.1) is 0 Å². The predicted octanol–water partition coefficient (Wildman–Crippen LogP) is 3.06. The Morgan fingerprint density at radius 2 is 2.24 bits per heavy atom. The van der Waals surface area contributed by atoms with Crippen molar-refractivity contribution in [1.29, 1.82) is 0 Å². The molecule has 17 heavy (non-hydrogen) atoms. The van der Waals surface area contributed by atoms with Gasteiger partial charge in [0.1, 0.15) is 5.52 Å². The van der Waals surface area contributed by atoms with Crippen LogP contribution < -0.4 is 5.32 Å². The highest BCUT2D eigenvalue weighted by Gasteiger charge is 2.03. The predicted molar refractivity (Wildman–Crippen MR) is 69.6 cm³/mol. The molecule has 3 heterocycles. The molecule has 0 aliphatic carbocycles. The molecule has 0 bridgehead atoms. The molecular weight excluding hydrogens is 256 g/mol. The second-order valence-electron chi connectivity index (χ2n) is 3.50. The zero-order valence-corrected chi connectivity index (χ0v) is 10.4. The van der Waals surface area contributed by atoms with Gasteiger partial charge in [0, 0.05) is 17.3 Å². The van der Waals surface area contributed by atoms with Gasteiger partial charge in [0.25, 0.3) is 0 Å². The van der Waals surface area contributed by atoms with Crippen molar-refractivity contribution in [3.8, 4) is 0 Å². The normalized spacial score (nSPS) is 10.9. The third-order valence-corrected chi connectivity index (χ3v) is 3.61. The van der Waals surface area contributed by atoms with E-state index in [9.17, 15) is 0 Å². The van der Waals surface area contributed by atoms with Crippen molar-refractivity contribution in [2.75, 3.05) is 5.32 Å². The largest absolute Gasteiger partial charge is 0.363 e. The maximum absolute atomic E-state index is 5.88. The minimum atomic E-state index is 0.718. The lowest BCUT2D eigenvalue weighted by atomic mass is 10.4. The molecule has 0 aliphatic rings. The molecule has 0 radical (unpaired) electrons. The lowest BCUT2D eigenvalue weighted by molar-refractivity contribution is 0.943. The van der Waals surface area contributed by atoms with Crippen LogP contribution in [0.2, 0.25) is 4.34 Å². The zero-order valence-electron chi connectivity index (χ0n) is 8.80. The van der Waals surface area contributed by atoms with E-state index in [0.29, 0.717) is 0 Å². The topological polar surface area (TPSA) is 42.2 Å². The zero-order chi connectivity index (χ0) is 11.7. The third kappa shape index (κ3) is 2.11. The number of anilines is 1. The molecule has 3 aromatic heterocycles. The summed E-state index contributed by atoms with van der Waals surface area (Å²) < 4.78 is 2.59. The molecule has 0 amide bonds. The van der Waals surface area contributed by atoms with Gasteiger partial charge in [-0.05, 0) is 18.2 Å². The van der Waals surface area contributed by atoms with Gasteiger partial charge in [-0.3, -0.25) is 0 Å². The van der Waals surface area contributed by atoms with E-state index in [0.717, 1.165) is 22.2 Å². The van der Waals surface area contributed by atoms with Crippen LogP contribution in [0.3, 0.4) is 0 Å². The summed E-state index contributed by atoms with van der Waals surface area (Å²) in [6.07, 6.45) is 5.30. The van der Waals surface area contributed by atoms with Gasteiger partial charge < -0.3 is 5.32 Å². The first-order chi connectivity index (χ1) is 8.33. The van der Waals surface area contributed by atoms with Crippen molar-refractivity contribution in [3.05, 3.63) is 46.0 Å². The molecule has 0 fully saturated rings. The van der Waals surface area contributed by atoms with Gasteiger partial charge in [0.15, 0.2) is 5.82 Å². The second-order valence-corrected chi connectivity index (χ2v) is 5.30. The summed E-state index contributed by atoms with van der Waals surface area (Å²) >= 11 is 7.45. The highest BCUT2D eigenvalue weighted by atomic mass is 35.5. The first-order valence-corrected chi connectivity index (χ1v) is 6.29.